The van der Waals surface area contributed by atoms with Crippen LogP contribution in [0.2, 0.25) is 0 Å². The van der Waals surface area contributed by atoms with Gasteiger partial charge in [0.05, 0.1) is 6.20 Å². The fourth-order valence-electron chi connectivity index (χ4n) is 3.84. The van der Waals surface area contributed by atoms with E-state index in [0.717, 1.165) is 19.5 Å². The number of aromatic carboxylic acids is 1. The van der Waals surface area contributed by atoms with E-state index in [1.807, 2.05) is 4.90 Å². The molecule has 7 nitrogen and oxygen atoms in total. The number of carboxylic acid groups (broad SMARTS) is 1. The van der Waals surface area contributed by atoms with Crippen molar-refractivity contribution in [2.45, 2.75) is 51.5 Å². The van der Waals surface area contributed by atoms with E-state index in [4.69, 9.17) is 5.11 Å². The van der Waals surface area contributed by atoms with Gasteiger partial charge in [0.25, 0.3) is 0 Å². The third-order valence-corrected chi connectivity index (χ3v) is 4.98. The van der Waals surface area contributed by atoms with E-state index in [0.29, 0.717) is 5.41 Å². The molecule has 120 valence electrons. The fourth-order valence-corrected chi connectivity index (χ4v) is 3.84. The number of amides is 1. The Kier molecular flexibility index (Phi) is 4.13. The van der Waals surface area contributed by atoms with Crippen molar-refractivity contribution >= 4 is 11.9 Å². The number of likely N-dealkylation sites (tertiary alicyclic amines) is 1. The molecule has 2 heterocycles. The summed E-state index contributed by atoms with van der Waals surface area (Å²) in [6.45, 7) is 1.70. The number of aromatic nitrogens is 3. The minimum Gasteiger partial charge on any atom is -0.476 e. The summed E-state index contributed by atoms with van der Waals surface area (Å²) in [6, 6.07) is 0. The largest absolute Gasteiger partial charge is 0.476 e. The summed E-state index contributed by atoms with van der Waals surface area (Å²) < 4.78 is 1.31. The second-order valence-corrected chi connectivity index (χ2v) is 6.59. The molecule has 0 aromatic carbocycles. The highest BCUT2D eigenvalue weighted by Gasteiger charge is 2.37. The van der Waals surface area contributed by atoms with Crippen LogP contribution in [-0.2, 0) is 11.3 Å². The van der Waals surface area contributed by atoms with Crippen LogP contribution < -0.4 is 0 Å². The molecular formula is C15H22N4O3. The zero-order chi connectivity index (χ0) is 15.6. The van der Waals surface area contributed by atoms with Crippen molar-refractivity contribution in [2.24, 2.45) is 5.41 Å². The molecule has 1 saturated heterocycles. The number of piperidine rings is 1. The van der Waals surface area contributed by atoms with Crippen LogP contribution in [0.1, 0.15) is 55.4 Å². The molecule has 0 unspecified atom stereocenters. The number of carbonyl (C=O) groups excluding carboxylic acids is 1. The summed E-state index contributed by atoms with van der Waals surface area (Å²) in [4.78, 5) is 25.2. The molecule has 2 aliphatic rings. The van der Waals surface area contributed by atoms with Crippen molar-refractivity contribution < 1.29 is 14.7 Å². The van der Waals surface area contributed by atoms with Crippen molar-refractivity contribution in [3.63, 3.8) is 0 Å². The summed E-state index contributed by atoms with van der Waals surface area (Å²) in [5.74, 6) is -1.12. The van der Waals surface area contributed by atoms with Gasteiger partial charge in [0.2, 0.25) is 5.91 Å². The topological polar surface area (TPSA) is 88.3 Å². The molecule has 0 bridgehead atoms. The molecule has 1 aromatic rings. The van der Waals surface area contributed by atoms with E-state index >= 15 is 0 Å². The van der Waals surface area contributed by atoms with Crippen LogP contribution in [0.5, 0.6) is 0 Å². The summed E-state index contributed by atoms with van der Waals surface area (Å²) in [5.41, 5.74) is 0.191. The molecule has 1 aliphatic carbocycles. The van der Waals surface area contributed by atoms with Gasteiger partial charge < -0.3 is 10.0 Å². The molecule has 0 atom stereocenters. The van der Waals surface area contributed by atoms with Crippen LogP contribution in [0.4, 0.5) is 0 Å². The maximum atomic E-state index is 12.5. The van der Waals surface area contributed by atoms with Gasteiger partial charge in [-0.3, -0.25) is 4.79 Å². The van der Waals surface area contributed by atoms with E-state index in [1.165, 1.54) is 49.4 Å². The van der Waals surface area contributed by atoms with Crippen LogP contribution in [0.15, 0.2) is 6.20 Å². The average Bonchev–Trinajstić information content (AvgIpc) is 2.97. The van der Waals surface area contributed by atoms with Gasteiger partial charge in [-0.25, -0.2) is 9.48 Å². The van der Waals surface area contributed by atoms with Crippen molar-refractivity contribution in [1.29, 1.82) is 0 Å². The maximum absolute atomic E-state index is 12.5. The predicted octanol–water partition coefficient (Wildman–Crippen LogP) is 1.55. The minimum absolute atomic E-state index is 0.00601. The third kappa shape index (κ3) is 3.13. The molecule has 7 heteroatoms. The fraction of sp³-hybridized carbons (Fsp3) is 0.733. The Balaban J connectivity index is 1.62. The van der Waals surface area contributed by atoms with E-state index in [2.05, 4.69) is 10.3 Å². The maximum Gasteiger partial charge on any atom is 0.358 e. The monoisotopic (exact) mass is 306 g/mol. The van der Waals surface area contributed by atoms with Crippen LogP contribution >= 0.6 is 0 Å². The highest BCUT2D eigenvalue weighted by molar-refractivity contribution is 5.84. The van der Waals surface area contributed by atoms with Crippen molar-refractivity contribution in [3.8, 4) is 0 Å². The molecule has 1 saturated carbocycles. The lowest BCUT2D eigenvalue weighted by Gasteiger charge is -2.45. The summed E-state index contributed by atoms with van der Waals surface area (Å²) >= 11 is 0. The van der Waals surface area contributed by atoms with Gasteiger partial charge in [0.1, 0.15) is 6.54 Å². The molecule has 1 spiro atoms. The molecule has 3 rings (SSSR count). The van der Waals surface area contributed by atoms with Crippen LogP contribution in [0.25, 0.3) is 0 Å². The number of nitrogens with zero attached hydrogens (tertiary/aromatic N) is 4. The quantitative estimate of drug-likeness (QED) is 0.915. The molecular weight excluding hydrogens is 284 g/mol. The van der Waals surface area contributed by atoms with Gasteiger partial charge >= 0.3 is 5.97 Å². The molecule has 0 radical (unpaired) electrons. The first-order chi connectivity index (χ1) is 10.6. The Morgan fingerprint density at radius 3 is 2.59 bits per heavy atom. The molecule has 22 heavy (non-hydrogen) atoms. The van der Waals surface area contributed by atoms with Gasteiger partial charge in [-0.2, -0.15) is 0 Å². The highest BCUT2D eigenvalue weighted by Crippen LogP contribution is 2.43. The van der Waals surface area contributed by atoms with Crippen molar-refractivity contribution in [2.75, 3.05) is 13.1 Å². The highest BCUT2D eigenvalue weighted by atomic mass is 16.4. The first-order valence-electron chi connectivity index (χ1n) is 7.99. The van der Waals surface area contributed by atoms with Gasteiger partial charge in [-0.05, 0) is 31.1 Å². The van der Waals surface area contributed by atoms with E-state index in [-0.39, 0.29) is 18.1 Å². The first-order valence-corrected chi connectivity index (χ1v) is 7.99. The lowest BCUT2D eigenvalue weighted by Crippen LogP contribution is -2.47. The zero-order valence-corrected chi connectivity index (χ0v) is 12.7. The third-order valence-electron chi connectivity index (χ3n) is 4.98. The van der Waals surface area contributed by atoms with E-state index < -0.39 is 5.97 Å². The van der Waals surface area contributed by atoms with E-state index in [9.17, 15) is 9.59 Å². The van der Waals surface area contributed by atoms with Gasteiger partial charge in [0.15, 0.2) is 5.69 Å². The predicted molar refractivity (Wildman–Crippen MR) is 78.3 cm³/mol. The summed E-state index contributed by atoms with van der Waals surface area (Å²) in [5, 5.41) is 16.1. The average molecular weight is 306 g/mol. The number of rotatable bonds is 3. The van der Waals surface area contributed by atoms with Gasteiger partial charge in [-0.15, -0.1) is 5.10 Å². The molecule has 1 N–H and O–H groups in total. The summed E-state index contributed by atoms with van der Waals surface area (Å²) in [7, 11) is 0. The minimum atomic E-state index is -1.13. The van der Waals surface area contributed by atoms with Crippen LogP contribution in [0, 0.1) is 5.41 Å². The normalized spacial score (nSPS) is 21.0. The Morgan fingerprint density at radius 2 is 1.91 bits per heavy atom. The molecule has 2 fully saturated rings. The van der Waals surface area contributed by atoms with Crippen LogP contribution in [-0.4, -0.2) is 50.0 Å². The lowest BCUT2D eigenvalue weighted by atomic mass is 9.69. The number of hydrogen-bond donors (Lipinski definition) is 1. The van der Waals surface area contributed by atoms with Crippen LogP contribution in [0.3, 0.4) is 0 Å². The molecule has 1 aliphatic heterocycles. The number of carbonyl (C=O) groups is 2. The number of hydrogen-bond acceptors (Lipinski definition) is 4. The smallest absolute Gasteiger partial charge is 0.358 e. The standard InChI is InChI=1S/C15H22N4O3/c20-13(10-19-9-12(14(21)22)16-17-19)18-8-4-7-15(11-18)5-2-1-3-6-15/h9H,1-8,10-11H2,(H,21,22). The Morgan fingerprint density at radius 1 is 1.18 bits per heavy atom. The Hall–Kier alpha value is -1.92. The zero-order valence-electron chi connectivity index (χ0n) is 12.7. The van der Waals surface area contributed by atoms with E-state index in [1.54, 1.807) is 0 Å². The Bertz CT molecular complexity index is 557. The number of carboxylic acids is 1. The van der Waals surface area contributed by atoms with Crippen molar-refractivity contribution in [3.05, 3.63) is 11.9 Å². The van der Waals surface area contributed by atoms with Gasteiger partial charge in [0, 0.05) is 13.1 Å². The molecule has 1 amide bonds. The van der Waals surface area contributed by atoms with Gasteiger partial charge in [-0.1, -0.05) is 24.5 Å². The first kappa shape index (κ1) is 15.0. The SMILES string of the molecule is O=C(O)c1cn(CC(=O)N2CCCC3(CCCCC3)C2)nn1. The second-order valence-electron chi connectivity index (χ2n) is 6.59. The Labute approximate surface area is 129 Å². The second kappa shape index (κ2) is 6.06. The summed E-state index contributed by atoms with van der Waals surface area (Å²) in [6.07, 6.45) is 9.90. The lowest BCUT2D eigenvalue weighted by molar-refractivity contribution is -0.136. The molecule has 1 aromatic heterocycles. The van der Waals surface area contributed by atoms with Crippen molar-refractivity contribution in [1.82, 2.24) is 19.9 Å².